The summed E-state index contributed by atoms with van der Waals surface area (Å²) < 4.78 is 16.7. The largest absolute Gasteiger partial charge is 0.473 e. The summed E-state index contributed by atoms with van der Waals surface area (Å²) in [6.07, 6.45) is 4.25. The van der Waals surface area contributed by atoms with Crippen molar-refractivity contribution in [1.29, 1.82) is 0 Å². The molecule has 0 bridgehead atoms. The quantitative estimate of drug-likeness (QED) is 0.287. The third-order valence-corrected chi connectivity index (χ3v) is 4.32. The van der Waals surface area contributed by atoms with Crippen molar-refractivity contribution in [1.82, 2.24) is 15.6 Å². The number of furan rings is 1. The third kappa shape index (κ3) is 7.25. The maximum Gasteiger partial charge on any atom is 0.218 e. The summed E-state index contributed by atoms with van der Waals surface area (Å²) in [5.74, 6) is 2.18. The number of benzene rings is 1. The Kier molecular flexibility index (Phi) is 8.76. The number of aromatic nitrogens is 1. The van der Waals surface area contributed by atoms with Gasteiger partial charge in [-0.2, -0.15) is 0 Å². The van der Waals surface area contributed by atoms with E-state index in [9.17, 15) is 0 Å². The van der Waals surface area contributed by atoms with Crippen LogP contribution < -0.4 is 15.4 Å². The average Bonchev–Trinajstić information content (AvgIpc) is 3.31. The first-order valence-corrected chi connectivity index (χ1v) is 10.0. The van der Waals surface area contributed by atoms with E-state index in [0.29, 0.717) is 32.2 Å². The van der Waals surface area contributed by atoms with E-state index in [1.54, 1.807) is 19.5 Å². The summed E-state index contributed by atoms with van der Waals surface area (Å²) in [5, 5.41) is 6.59. The van der Waals surface area contributed by atoms with Crippen LogP contribution in [0, 0.1) is 0 Å². The molecule has 0 spiro atoms. The lowest BCUT2D eigenvalue weighted by atomic mass is 10.2. The van der Waals surface area contributed by atoms with Crippen LogP contribution in [0.3, 0.4) is 0 Å². The van der Waals surface area contributed by atoms with Crippen LogP contribution in [-0.4, -0.2) is 31.1 Å². The standard InChI is InChI=1S/C23H28N4O3/c1-24-23(26-13-7-14-28-18-21-11-6-15-29-21)27-16-20-10-5-12-25-22(20)30-17-19-8-3-2-4-9-19/h2-6,8-12,15H,7,13-14,16-18H2,1H3,(H2,24,26,27). The van der Waals surface area contributed by atoms with Gasteiger partial charge in [0.25, 0.3) is 0 Å². The van der Waals surface area contributed by atoms with Crippen molar-refractivity contribution in [2.75, 3.05) is 20.2 Å². The van der Waals surface area contributed by atoms with Crippen LogP contribution >= 0.6 is 0 Å². The van der Waals surface area contributed by atoms with Crippen molar-refractivity contribution in [3.63, 3.8) is 0 Å². The Labute approximate surface area is 177 Å². The van der Waals surface area contributed by atoms with Crippen molar-refractivity contribution in [2.45, 2.75) is 26.2 Å². The summed E-state index contributed by atoms with van der Waals surface area (Å²) in [5.41, 5.74) is 2.08. The van der Waals surface area contributed by atoms with Crippen LogP contribution in [0.4, 0.5) is 0 Å². The smallest absolute Gasteiger partial charge is 0.218 e. The number of ether oxygens (including phenoxy) is 2. The topological polar surface area (TPSA) is 80.9 Å². The summed E-state index contributed by atoms with van der Waals surface area (Å²) >= 11 is 0. The molecule has 0 amide bonds. The first-order valence-electron chi connectivity index (χ1n) is 10.0. The van der Waals surface area contributed by atoms with Crippen LogP contribution in [-0.2, 0) is 24.5 Å². The molecule has 2 N–H and O–H groups in total. The number of aliphatic imine (C=N–C) groups is 1. The van der Waals surface area contributed by atoms with Gasteiger partial charge in [0.15, 0.2) is 5.96 Å². The number of rotatable bonds is 11. The van der Waals surface area contributed by atoms with Gasteiger partial charge in [-0.1, -0.05) is 36.4 Å². The highest BCUT2D eigenvalue weighted by atomic mass is 16.5. The van der Waals surface area contributed by atoms with Gasteiger partial charge in [0, 0.05) is 38.5 Å². The van der Waals surface area contributed by atoms with E-state index in [1.165, 1.54) is 0 Å². The summed E-state index contributed by atoms with van der Waals surface area (Å²) in [6, 6.07) is 17.7. The fourth-order valence-corrected chi connectivity index (χ4v) is 2.76. The Hall–Kier alpha value is -3.32. The van der Waals surface area contributed by atoms with E-state index in [-0.39, 0.29) is 0 Å². The highest BCUT2D eigenvalue weighted by Gasteiger charge is 2.06. The molecule has 7 nitrogen and oxygen atoms in total. The molecule has 0 aliphatic carbocycles. The van der Waals surface area contributed by atoms with Crippen LogP contribution in [0.1, 0.15) is 23.3 Å². The number of hydrogen-bond donors (Lipinski definition) is 2. The second-order valence-electron chi connectivity index (χ2n) is 6.58. The number of hydrogen-bond acceptors (Lipinski definition) is 5. The molecule has 7 heteroatoms. The predicted octanol–water partition coefficient (Wildman–Crippen LogP) is 3.53. The van der Waals surface area contributed by atoms with Gasteiger partial charge in [0.05, 0.1) is 6.26 Å². The van der Waals surface area contributed by atoms with Gasteiger partial charge in [-0.15, -0.1) is 0 Å². The van der Waals surface area contributed by atoms with E-state index >= 15 is 0 Å². The van der Waals surface area contributed by atoms with E-state index in [1.807, 2.05) is 54.6 Å². The predicted molar refractivity (Wildman–Crippen MR) is 116 cm³/mol. The molecule has 1 aromatic carbocycles. The van der Waals surface area contributed by atoms with E-state index < -0.39 is 0 Å². The molecule has 3 aromatic rings. The average molecular weight is 409 g/mol. The van der Waals surface area contributed by atoms with Crippen molar-refractivity contribution in [3.05, 3.63) is 83.9 Å². The molecule has 0 radical (unpaired) electrons. The summed E-state index contributed by atoms with van der Waals surface area (Å²) in [4.78, 5) is 8.63. The lowest BCUT2D eigenvalue weighted by Gasteiger charge is -2.14. The minimum atomic E-state index is 0.482. The summed E-state index contributed by atoms with van der Waals surface area (Å²) in [7, 11) is 1.75. The fraction of sp³-hybridized carbons (Fsp3) is 0.304. The zero-order valence-electron chi connectivity index (χ0n) is 17.2. The van der Waals surface area contributed by atoms with Crippen molar-refractivity contribution in [2.24, 2.45) is 4.99 Å². The van der Waals surface area contributed by atoms with Gasteiger partial charge < -0.3 is 24.5 Å². The van der Waals surface area contributed by atoms with E-state index in [0.717, 1.165) is 35.8 Å². The van der Waals surface area contributed by atoms with Crippen LogP contribution in [0.2, 0.25) is 0 Å². The first-order chi connectivity index (χ1) is 14.8. The third-order valence-electron chi connectivity index (χ3n) is 4.32. The van der Waals surface area contributed by atoms with Gasteiger partial charge in [-0.3, -0.25) is 4.99 Å². The van der Waals surface area contributed by atoms with E-state index in [2.05, 4.69) is 20.6 Å². The number of nitrogens with one attached hydrogen (secondary N) is 2. The molecule has 158 valence electrons. The van der Waals surface area contributed by atoms with E-state index in [4.69, 9.17) is 13.9 Å². The number of pyridine rings is 1. The van der Waals surface area contributed by atoms with Crippen molar-refractivity contribution < 1.29 is 13.9 Å². The second-order valence-corrected chi connectivity index (χ2v) is 6.58. The van der Waals surface area contributed by atoms with Crippen LogP contribution in [0.15, 0.2) is 76.5 Å². The molecule has 3 rings (SSSR count). The molecule has 0 fully saturated rings. The van der Waals surface area contributed by atoms with Crippen LogP contribution in [0.25, 0.3) is 0 Å². The van der Waals surface area contributed by atoms with Crippen molar-refractivity contribution >= 4 is 5.96 Å². The Morgan fingerprint density at radius 3 is 2.73 bits per heavy atom. The van der Waals surface area contributed by atoms with Gasteiger partial charge in [0.2, 0.25) is 5.88 Å². The normalized spacial score (nSPS) is 11.3. The Morgan fingerprint density at radius 1 is 1.03 bits per heavy atom. The lowest BCUT2D eigenvalue weighted by Crippen LogP contribution is -2.37. The number of nitrogens with zero attached hydrogens (tertiary/aromatic N) is 2. The molecule has 0 unspecified atom stereocenters. The SMILES string of the molecule is CN=C(NCCCOCc1ccco1)NCc1cccnc1OCc1ccccc1. The number of guanidine groups is 1. The molecule has 0 aliphatic rings. The van der Waals surface area contributed by atoms with Crippen LogP contribution in [0.5, 0.6) is 5.88 Å². The monoisotopic (exact) mass is 408 g/mol. The molecule has 2 aromatic heterocycles. The molecular formula is C23H28N4O3. The maximum atomic E-state index is 5.91. The minimum absolute atomic E-state index is 0.482. The fourth-order valence-electron chi connectivity index (χ4n) is 2.76. The van der Waals surface area contributed by atoms with Gasteiger partial charge in [-0.25, -0.2) is 4.98 Å². The first kappa shape index (κ1) is 21.4. The zero-order chi connectivity index (χ0) is 20.9. The minimum Gasteiger partial charge on any atom is -0.473 e. The molecule has 0 aliphatic heterocycles. The second kappa shape index (κ2) is 12.3. The molecule has 0 saturated carbocycles. The van der Waals surface area contributed by atoms with Gasteiger partial charge >= 0.3 is 0 Å². The highest BCUT2D eigenvalue weighted by Crippen LogP contribution is 2.15. The summed E-state index contributed by atoms with van der Waals surface area (Å²) in [6.45, 7) is 2.93. The molecule has 2 heterocycles. The van der Waals surface area contributed by atoms with Gasteiger partial charge in [0.1, 0.15) is 19.0 Å². The van der Waals surface area contributed by atoms with Gasteiger partial charge in [-0.05, 0) is 30.2 Å². The van der Waals surface area contributed by atoms with Crippen molar-refractivity contribution in [3.8, 4) is 5.88 Å². The highest BCUT2D eigenvalue weighted by molar-refractivity contribution is 5.79. The Morgan fingerprint density at radius 2 is 1.93 bits per heavy atom. The Balaban J connectivity index is 1.38. The zero-order valence-corrected chi connectivity index (χ0v) is 17.2. The molecular weight excluding hydrogens is 380 g/mol. The molecule has 0 saturated heterocycles. The molecule has 30 heavy (non-hydrogen) atoms. The molecule has 0 atom stereocenters. The maximum absolute atomic E-state index is 5.91. The Bertz CT molecular complexity index is 882. The lowest BCUT2D eigenvalue weighted by molar-refractivity contribution is 0.105.